The second-order valence-electron chi connectivity index (χ2n) is 5.76. The van der Waals surface area contributed by atoms with Crippen LogP contribution in [0, 0.1) is 5.82 Å². The second-order valence-corrected chi connectivity index (χ2v) is 6.99. The Morgan fingerprint density at radius 2 is 2.19 bits per heavy atom. The van der Waals surface area contributed by atoms with E-state index in [4.69, 9.17) is 9.47 Å². The van der Waals surface area contributed by atoms with Gasteiger partial charge in [0.1, 0.15) is 6.10 Å². The van der Waals surface area contributed by atoms with Gasteiger partial charge in [-0.15, -0.1) is 0 Å². The molecule has 0 amide bonds. The molecular formula is C16H21FO3S. The molecule has 1 unspecified atom stereocenters. The SMILES string of the molecule is OCc1cccc(F)c1OC1CCOC2(CCSCC2)C1. The Morgan fingerprint density at radius 3 is 2.95 bits per heavy atom. The molecule has 0 aromatic heterocycles. The summed E-state index contributed by atoms with van der Waals surface area (Å²) in [5, 5.41) is 9.34. The Morgan fingerprint density at radius 1 is 1.38 bits per heavy atom. The summed E-state index contributed by atoms with van der Waals surface area (Å²) in [5.74, 6) is 2.04. The van der Waals surface area contributed by atoms with Crippen molar-refractivity contribution in [3.63, 3.8) is 0 Å². The maximum atomic E-state index is 14.0. The Kier molecular flexibility index (Phi) is 4.72. The molecule has 2 aliphatic rings. The lowest BCUT2D eigenvalue weighted by atomic mass is 9.86. The number of thioether (sulfide) groups is 1. The molecule has 0 aliphatic carbocycles. The van der Waals surface area contributed by atoms with Gasteiger partial charge >= 0.3 is 0 Å². The van der Waals surface area contributed by atoms with Crippen LogP contribution in [0.25, 0.3) is 0 Å². The van der Waals surface area contributed by atoms with Crippen LogP contribution in [-0.2, 0) is 11.3 Å². The molecule has 2 saturated heterocycles. The van der Waals surface area contributed by atoms with Gasteiger partial charge in [-0.05, 0) is 30.4 Å². The Hall–Kier alpha value is -0.780. The normalized spacial score (nSPS) is 25.0. The summed E-state index contributed by atoms with van der Waals surface area (Å²) in [6.45, 7) is 0.455. The molecule has 1 aromatic rings. The van der Waals surface area contributed by atoms with Gasteiger partial charge in [-0.25, -0.2) is 4.39 Å². The third-order valence-corrected chi connectivity index (χ3v) is 5.34. The first-order valence-electron chi connectivity index (χ1n) is 7.49. The largest absolute Gasteiger partial charge is 0.487 e. The molecule has 0 radical (unpaired) electrons. The highest BCUT2D eigenvalue weighted by atomic mass is 32.2. The number of rotatable bonds is 3. The number of ether oxygens (including phenoxy) is 2. The quantitative estimate of drug-likeness (QED) is 0.930. The van der Waals surface area contributed by atoms with Crippen LogP contribution in [0.5, 0.6) is 5.75 Å². The van der Waals surface area contributed by atoms with Gasteiger partial charge in [-0.2, -0.15) is 11.8 Å². The van der Waals surface area contributed by atoms with Crippen LogP contribution in [0.4, 0.5) is 4.39 Å². The Balaban J connectivity index is 1.73. The number of benzene rings is 1. The molecule has 1 spiro atoms. The molecule has 5 heteroatoms. The van der Waals surface area contributed by atoms with Crippen LogP contribution < -0.4 is 4.74 Å². The fraction of sp³-hybridized carbons (Fsp3) is 0.625. The van der Waals surface area contributed by atoms with Crippen molar-refractivity contribution < 1.29 is 19.0 Å². The molecule has 1 aromatic carbocycles. The number of aliphatic hydroxyl groups is 1. The highest BCUT2D eigenvalue weighted by Gasteiger charge is 2.39. The maximum Gasteiger partial charge on any atom is 0.165 e. The summed E-state index contributed by atoms with van der Waals surface area (Å²) in [4.78, 5) is 0. The molecule has 1 N–H and O–H groups in total. The van der Waals surface area contributed by atoms with E-state index < -0.39 is 5.82 Å². The number of para-hydroxylation sites is 1. The van der Waals surface area contributed by atoms with E-state index in [1.807, 2.05) is 11.8 Å². The molecule has 2 heterocycles. The summed E-state index contributed by atoms with van der Waals surface area (Å²) in [6.07, 6.45) is 3.63. The van der Waals surface area contributed by atoms with Crippen LogP contribution >= 0.6 is 11.8 Å². The standard InChI is InChI=1S/C16H21FO3S/c17-14-3-1-2-12(11-18)15(14)20-13-4-7-19-16(10-13)5-8-21-9-6-16/h1-3,13,18H,4-11H2. The molecule has 0 bridgehead atoms. The molecule has 116 valence electrons. The molecule has 0 saturated carbocycles. The van der Waals surface area contributed by atoms with Crippen molar-refractivity contribution in [3.8, 4) is 5.75 Å². The van der Waals surface area contributed by atoms with Crippen LogP contribution in [0.15, 0.2) is 18.2 Å². The topological polar surface area (TPSA) is 38.7 Å². The van der Waals surface area contributed by atoms with Gasteiger partial charge in [0.2, 0.25) is 0 Å². The van der Waals surface area contributed by atoms with Crippen LogP contribution in [0.2, 0.25) is 0 Å². The van der Waals surface area contributed by atoms with Gasteiger partial charge in [0.05, 0.1) is 18.8 Å². The third-order valence-electron chi connectivity index (χ3n) is 4.36. The Labute approximate surface area is 128 Å². The molecule has 1 atom stereocenters. The first-order valence-corrected chi connectivity index (χ1v) is 8.64. The number of hydrogen-bond acceptors (Lipinski definition) is 4. The number of halogens is 1. The van der Waals surface area contributed by atoms with Crippen LogP contribution in [0.1, 0.15) is 31.2 Å². The maximum absolute atomic E-state index is 14.0. The van der Waals surface area contributed by atoms with E-state index in [1.165, 1.54) is 6.07 Å². The molecule has 21 heavy (non-hydrogen) atoms. The van der Waals surface area contributed by atoms with Crippen molar-refractivity contribution in [2.75, 3.05) is 18.1 Å². The van der Waals surface area contributed by atoms with E-state index >= 15 is 0 Å². The first-order chi connectivity index (χ1) is 10.2. The smallest absolute Gasteiger partial charge is 0.165 e. The summed E-state index contributed by atoms with van der Waals surface area (Å²) in [6, 6.07) is 4.67. The highest BCUT2D eigenvalue weighted by Crippen LogP contribution is 2.39. The molecule has 3 nitrogen and oxygen atoms in total. The predicted molar refractivity (Wildman–Crippen MR) is 81.2 cm³/mol. The molecule has 3 rings (SSSR count). The molecule has 2 fully saturated rings. The number of hydrogen-bond donors (Lipinski definition) is 1. The Bertz CT molecular complexity index is 483. The fourth-order valence-corrected chi connectivity index (χ4v) is 4.39. The monoisotopic (exact) mass is 312 g/mol. The first kappa shape index (κ1) is 15.1. The summed E-state index contributed by atoms with van der Waals surface area (Å²) < 4.78 is 25.9. The zero-order valence-corrected chi connectivity index (χ0v) is 12.8. The zero-order valence-electron chi connectivity index (χ0n) is 12.0. The van der Waals surface area contributed by atoms with E-state index in [2.05, 4.69) is 0 Å². The minimum atomic E-state index is -0.402. The van der Waals surface area contributed by atoms with E-state index in [0.29, 0.717) is 12.2 Å². The summed E-state index contributed by atoms with van der Waals surface area (Å²) in [5.41, 5.74) is 0.424. The van der Waals surface area contributed by atoms with E-state index in [9.17, 15) is 9.50 Å². The minimum absolute atomic E-state index is 0.0379. The van der Waals surface area contributed by atoms with Crippen molar-refractivity contribution in [3.05, 3.63) is 29.6 Å². The van der Waals surface area contributed by atoms with Crippen LogP contribution in [-0.4, -0.2) is 34.9 Å². The second kappa shape index (κ2) is 6.55. The van der Waals surface area contributed by atoms with Gasteiger partial charge in [-0.3, -0.25) is 0 Å². The lowest BCUT2D eigenvalue weighted by molar-refractivity contribution is -0.117. The number of aliphatic hydroxyl groups excluding tert-OH is 1. The lowest BCUT2D eigenvalue weighted by Gasteiger charge is -2.43. The van der Waals surface area contributed by atoms with Gasteiger partial charge < -0.3 is 14.6 Å². The van der Waals surface area contributed by atoms with E-state index in [0.717, 1.165) is 37.2 Å². The van der Waals surface area contributed by atoms with Gasteiger partial charge in [0.25, 0.3) is 0 Å². The summed E-state index contributed by atoms with van der Waals surface area (Å²) in [7, 11) is 0. The van der Waals surface area contributed by atoms with Gasteiger partial charge in [-0.1, -0.05) is 12.1 Å². The average Bonchev–Trinajstić information content (AvgIpc) is 2.50. The van der Waals surface area contributed by atoms with E-state index in [-0.39, 0.29) is 24.1 Å². The molecule has 2 aliphatic heterocycles. The predicted octanol–water partition coefficient (Wildman–Crippen LogP) is 3.14. The minimum Gasteiger partial charge on any atom is -0.487 e. The van der Waals surface area contributed by atoms with Crippen LogP contribution in [0.3, 0.4) is 0 Å². The van der Waals surface area contributed by atoms with E-state index in [1.54, 1.807) is 12.1 Å². The van der Waals surface area contributed by atoms with Crippen molar-refractivity contribution in [1.29, 1.82) is 0 Å². The van der Waals surface area contributed by atoms with Crippen molar-refractivity contribution in [2.24, 2.45) is 0 Å². The van der Waals surface area contributed by atoms with Crippen molar-refractivity contribution >= 4 is 11.8 Å². The van der Waals surface area contributed by atoms with Crippen molar-refractivity contribution in [2.45, 2.75) is 44.0 Å². The highest BCUT2D eigenvalue weighted by molar-refractivity contribution is 7.99. The fourth-order valence-electron chi connectivity index (χ4n) is 3.15. The van der Waals surface area contributed by atoms with Gasteiger partial charge in [0.15, 0.2) is 11.6 Å². The zero-order chi connectivity index (χ0) is 14.7. The molecular weight excluding hydrogens is 291 g/mol. The van der Waals surface area contributed by atoms with Crippen molar-refractivity contribution in [1.82, 2.24) is 0 Å². The lowest BCUT2D eigenvalue weighted by Crippen LogP contribution is -2.46. The third kappa shape index (κ3) is 3.35. The summed E-state index contributed by atoms with van der Waals surface area (Å²) >= 11 is 1.96. The van der Waals surface area contributed by atoms with Gasteiger partial charge in [0, 0.05) is 18.4 Å². The average molecular weight is 312 g/mol.